The summed E-state index contributed by atoms with van der Waals surface area (Å²) in [5.74, 6) is 0.415. The highest BCUT2D eigenvalue weighted by Crippen LogP contribution is 2.13. The van der Waals surface area contributed by atoms with Gasteiger partial charge in [-0.1, -0.05) is 61.0 Å². The van der Waals surface area contributed by atoms with Gasteiger partial charge < -0.3 is 15.2 Å². The van der Waals surface area contributed by atoms with E-state index in [1.807, 2.05) is 42.5 Å². The topological polar surface area (TPSA) is 41.5 Å². The van der Waals surface area contributed by atoms with Crippen LogP contribution in [0.3, 0.4) is 0 Å². The SMILES string of the molecule is C[C@@H](CNC[C@@H](O)COCc1ccc(Cl)cc1)c1ccccc1. The molecule has 0 aliphatic heterocycles. The van der Waals surface area contributed by atoms with Gasteiger partial charge in [0, 0.05) is 18.1 Å². The minimum Gasteiger partial charge on any atom is -0.389 e. The Bertz CT molecular complexity index is 559. The summed E-state index contributed by atoms with van der Waals surface area (Å²) in [5.41, 5.74) is 2.35. The standard InChI is InChI=1S/C19H24ClNO2/c1-15(17-5-3-2-4-6-17)11-21-12-19(22)14-23-13-16-7-9-18(20)10-8-16/h2-10,15,19,21-22H,11-14H2,1H3/t15-,19+/m0/s1. The van der Waals surface area contributed by atoms with E-state index >= 15 is 0 Å². The molecule has 2 N–H and O–H groups in total. The summed E-state index contributed by atoms with van der Waals surface area (Å²) < 4.78 is 5.53. The molecule has 2 aromatic rings. The Hall–Kier alpha value is -1.39. The van der Waals surface area contributed by atoms with Gasteiger partial charge in [0.25, 0.3) is 0 Å². The molecular weight excluding hydrogens is 310 g/mol. The molecule has 0 saturated heterocycles. The number of halogens is 1. The molecule has 2 rings (SSSR count). The second-order valence-corrected chi connectivity index (χ2v) is 6.20. The molecule has 0 radical (unpaired) electrons. The predicted octanol–water partition coefficient (Wildman–Crippen LogP) is 3.61. The van der Waals surface area contributed by atoms with Gasteiger partial charge in [-0.3, -0.25) is 0 Å². The number of aliphatic hydroxyl groups is 1. The van der Waals surface area contributed by atoms with Crippen molar-refractivity contribution in [3.05, 3.63) is 70.7 Å². The van der Waals surface area contributed by atoms with Crippen molar-refractivity contribution in [3.63, 3.8) is 0 Å². The van der Waals surface area contributed by atoms with E-state index in [-0.39, 0.29) is 0 Å². The number of nitrogens with one attached hydrogen (secondary N) is 1. The molecule has 0 bridgehead atoms. The maximum Gasteiger partial charge on any atom is 0.0897 e. The summed E-state index contributed by atoms with van der Waals surface area (Å²) >= 11 is 5.83. The monoisotopic (exact) mass is 333 g/mol. The first kappa shape index (κ1) is 18.0. The molecule has 0 heterocycles. The minimum atomic E-state index is -0.509. The Balaban J connectivity index is 1.60. The molecule has 0 amide bonds. The maximum absolute atomic E-state index is 9.95. The summed E-state index contributed by atoms with van der Waals surface area (Å²) in [7, 11) is 0. The van der Waals surface area contributed by atoms with Gasteiger partial charge in [0.05, 0.1) is 19.3 Å². The van der Waals surface area contributed by atoms with E-state index in [4.69, 9.17) is 16.3 Å². The first-order chi connectivity index (χ1) is 11.1. The number of hydrogen-bond donors (Lipinski definition) is 2. The molecule has 3 nitrogen and oxygen atoms in total. The lowest BCUT2D eigenvalue weighted by molar-refractivity contribution is 0.0288. The first-order valence-corrected chi connectivity index (χ1v) is 8.29. The van der Waals surface area contributed by atoms with Gasteiger partial charge in [0.1, 0.15) is 0 Å². The molecule has 0 aromatic heterocycles. The van der Waals surface area contributed by atoms with Crippen molar-refractivity contribution in [3.8, 4) is 0 Å². The third kappa shape index (κ3) is 6.71. The van der Waals surface area contributed by atoms with E-state index in [0.29, 0.717) is 30.7 Å². The predicted molar refractivity (Wildman–Crippen MR) is 94.8 cm³/mol. The fraction of sp³-hybridized carbons (Fsp3) is 0.368. The molecule has 0 saturated carbocycles. The number of rotatable bonds is 9. The highest BCUT2D eigenvalue weighted by Gasteiger charge is 2.07. The molecule has 124 valence electrons. The van der Waals surface area contributed by atoms with E-state index in [1.54, 1.807) is 0 Å². The second-order valence-electron chi connectivity index (χ2n) is 5.77. The van der Waals surface area contributed by atoms with Crippen LogP contribution < -0.4 is 5.32 Å². The molecule has 23 heavy (non-hydrogen) atoms. The lowest BCUT2D eigenvalue weighted by atomic mass is 10.0. The van der Waals surface area contributed by atoms with Crippen LogP contribution in [0.15, 0.2) is 54.6 Å². The lowest BCUT2D eigenvalue weighted by Crippen LogP contribution is -2.32. The van der Waals surface area contributed by atoms with Gasteiger partial charge in [0.2, 0.25) is 0 Å². The van der Waals surface area contributed by atoms with E-state index in [2.05, 4.69) is 24.4 Å². The van der Waals surface area contributed by atoms with Crippen molar-refractivity contribution in [2.75, 3.05) is 19.7 Å². The van der Waals surface area contributed by atoms with Crippen LogP contribution in [-0.4, -0.2) is 30.9 Å². The summed E-state index contributed by atoms with van der Waals surface area (Å²) in [6.07, 6.45) is -0.509. The molecule has 0 aliphatic carbocycles. The van der Waals surface area contributed by atoms with Crippen LogP contribution in [-0.2, 0) is 11.3 Å². The summed E-state index contributed by atoms with van der Waals surface area (Å²) in [6, 6.07) is 17.9. The van der Waals surface area contributed by atoms with Gasteiger partial charge in [-0.15, -0.1) is 0 Å². The largest absolute Gasteiger partial charge is 0.389 e. The van der Waals surface area contributed by atoms with Crippen LogP contribution in [0.25, 0.3) is 0 Å². The van der Waals surface area contributed by atoms with E-state index in [0.717, 1.165) is 12.1 Å². The molecule has 0 fully saturated rings. The van der Waals surface area contributed by atoms with Crippen LogP contribution in [0, 0.1) is 0 Å². The molecule has 0 unspecified atom stereocenters. The molecule has 2 atom stereocenters. The molecular formula is C19H24ClNO2. The van der Waals surface area contributed by atoms with Gasteiger partial charge in [-0.05, 0) is 29.2 Å². The summed E-state index contributed by atoms with van der Waals surface area (Å²) in [4.78, 5) is 0. The third-order valence-electron chi connectivity index (χ3n) is 3.69. The number of hydrogen-bond acceptors (Lipinski definition) is 3. The van der Waals surface area contributed by atoms with Gasteiger partial charge in [-0.25, -0.2) is 0 Å². The van der Waals surface area contributed by atoms with Crippen LogP contribution in [0.5, 0.6) is 0 Å². The van der Waals surface area contributed by atoms with Crippen LogP contribution in [0.1, 0.15) is 24.0 Å². The highest BCUT2D eigenvalue weighted by atomic mass is 35.5. The number of benzene rings is 2. The van der Waals surface area contributed by atoms with Crippen molar-refractivity contribution >= 4 is 11.6 Å². The fourth-order valence-corrected chi connectivity index (χ4v) is 2.44. The van der Waals surface area contributed by atoms with Crippen molar-refractivity contribution in [2.24, 2.45) is 0 Å². The van der Waals surface area contributed by atoms with Crippen molar-refractivity contribution in [1.29, 1.82) is 0 Å². The molecule has 2 aromatic carbocycles. The first-order valence-electron chi connectivity index (χ1n) is 7.91. The Kier molecular flexibility index (Phi) is 7.56. The summed E-state index contributed by atoms with van der Waals surface area (Å²) in [5, 5.41) is 14.0. The van der Waals surface area contributed by atoms with Crippen molar-refractivity contribution < 1.29 is 9.84 Å². The highest BCUT2D eigenvalue weighted by molar-refractivity contribution is 6.30. The van der Waals surface area contributed by atoms with E-state index < -0.39 is 6.10 Å². The summed E-state index contributed by atoms with van der Waals surface area (Å²) in [6.45, 7) is 4.33. The molecule has 4 heteroatoms. The average molecular weight is 334 g/mol. The smallest absolute Gasteiger partial charge is 0.0897 e. The van der Waals surface area contributed by atoms with E-state index in [1.165, 1.54) is 5.56 Å². The number of aliphatic hydroxyl groups excluding tert-OH is 1. The zero-order chi connectivity index (χ0) is 16.5. The zero-order valence-electron chi connectivity index (χ0n) is 13.4. The Morgan fingerprint density at radius 2 is 1.74 bits per heavy atom. The fourth-order valence-electron chi connectivity index (χ4n) is 2.32. The molecule has 0 spiro atoms. The van der Waals surface area contributed by atoms with Gasteiger partial charge >= 0.3 is 0 Å². The van der Waals surface area contributed by atoms with Crippen molar-refractivity contribution in [1.82, 2.24) is 5.32 Å². The quantitative estimate of drug-likeness (QED) is 0.736. The molecule has 0 aliphatic rings. The van der Waals surface area contributed by atoms with Gasteiger partial charge in [0.15, 0.2) is 0 Å². The van der Waals surface area contributed by atoms with Crippen molar-refractivity contribution in [2.45, 2.75) is 25.6 Å². The Morgan fingerprint density at radius 3 is 2.43 bits per heavy atom. The zero-order valence-corrected chi connectivity index (χ0v) is 14.2. The number of ether oxygens (including phenoxy) is 1. The van der Waals surface area contributed by atoms with Crippen LogP contribution >= 0.6 is 11.6 Å². The maximum atomic E-state index is 9.95. The normalized spacial score (nSPS) is 13.7. The van der Waals surface area contributed by atoms with Crippen LogP contribution in [0.2, 0.25) is 5.02 Å². The Morgan fingerprint density at radius 1 is 1.04 bits per heavy atom. The third-order valence-corrected chi connectivity index (χ3v) is 3.94. The Labute approximate surface area is 143 Å². The second kappa shape index (κ2) is 9.68. The lowest BCUT2D eigenvalue weighted by Gasteiger charge is -2.16. The van der Waals surface area contributed by atoms with Gasteiger partial charge in [-0.2, -0.15) is 0 Å². The average Bonchev–Trinajstić information content (AvgIpc) is 2.57. The van der Waals surface area contributed by atoms with Crippen LogP contribution in [0.4, 0.5) is 0 Å². The van der Waals surface area contributed by atoms with E-state index in [9.17, 15) is 5.11 Å². The minimum absolute atomic E-state index is 0.315.